The van der Waals surface area contributed by atoms with Crippen molar-refractivity contribution in [2.45, 2.75) is 12.5 Å². The maximum atomic E-state index is 13.6. The van der Waals surface area contributed by atoms with Crippen molar-refractivity contribution in [3.8, 4) is 0 Å². The van der Waals surface area contributed by atoms with Gasteiger partial charge in [0.25, 0.3) is 0 Å². The molecular formula is C12H14F2N2O2. The normalized spacial score (nSPS) is 24.1. The lowest BCUT2D eigenvalue weighted by Crippen LogP contribution is -2.49. The Kier molecular flexibility index (Phi) is 3.47. The van der Waals surface area contributed by atoms with Crippen molar-refractivity contribution in [3.05, 3.63) is 29.8 Å². The van der Waals surface area contributed by atoms with Crippen LogP contribution in [0.4, 0.5) is 14.5 Å². The summed E-state index contributed by atoms with van der Waals surface area (Å²) in [6, 6.07) is 2.76. The van der Waals surface area contributed by atoms with Crippen LogP contribution >= 0.6 is 0 Å². The second kappa shape index (κ2) is 4.89. The molecule has 18 heavy (non-hydrogen) atoms. The summed E-state index contributed by atoms with van der Waals surface area (Å²) in [5.74, 6) is -2.75. The molecule has 2 unspecified atom stereocenters. The molecular weight excluding hydrogens is 242 g/mol. The standard InChI is InChI=1S/C12H14F2N2O2/c13-8-1-2-10(14)11(4-8)16-5-7(12(17)18)3-9(15)6-16/h1-2,4,7,9H,3,5-6,15H2,(H,17,18). The summed E-state index contributed by atoms with van der Waals surface area (Å²) in [5.41, 5.74) is 5.82. The van der Waals surface area contributed by atoms with E-state index >= 15 is 0 Å². The molecule has 6 heteroatoms. The van der Waals surface area contributed by atoms with E-state index in [1.165, 1.54) is 4.90 Å². The molecule has 0 aliphatic carbocycles. The molecule has 1 fully saturated rings. The SMILES string of the molecule is NC1CC(C(=O)O)CN(c2cc(F)ccc2F)C1. The van der Waals surface area contributed by atoms with Crippen molar-refractivity contribution in [3.63, 3.8) is 0 Å². The molecule has 0 amide bonds. The first-order valence-corrected chi connectivity index (χ1v) is 5.65. The Labute approximate surface area is 103 Å². The van der Waals surface area contributed by atoms with Gasteiger partial charge in [-0.15, -0.1) is 0 Å². The Morgan fingerprint density at radius 2 is 2.11 bits per heavy atom. The zero-order valence-electron chi connectivity index (χ0n) is 9.64. The molecule has 1 saturated heterocycles. The summed E-state index contributed by atoms with van der Waals surface area (Å²) in [4.78, 5) is 12.5. The van der Waals surface area contributed by atoms with E-state index in [1.807, 2.05) is 0 Å². The van der Waals surface area contributed by atoms with E-state index in [0.29, 0.717) is 13.0 Å². The highest BCUT2D eigenvalue weighted by Crippen LogP contribution is 2.26. The molecule has 3 N–H and O–H groups in total. The summed E-state index contributed by atoms with van der Waals surface area (Å²) >= 11 is 0. The van der Waals surface area contributed by atoms with E-state index in [-0.39, 0.29) is 18.3 Å². The maximum absolute atomic E-state index is 13.6. The Bertz CT molecular complexity index is 467. The highest BCUT2D eigenvalue weighted by atomic mass is 19.1. The number of anilines is 1. The van der Waals surface area contributed by atoms with Gasteiger partial charge in [-0.25, -0.2) is 8.78 Å². The molecule has 98 valence electrons. The first-order valence-electron chi connectivity index (χ1n) is 5.65. The van der Waals surface area contributed by atoms with Crippen LogP contribution in [0.5, 0.6) is 0 Å². The third-order valence-electron chi connectivity index (χ3n) is 3.08. The molecule has 1 heterocycles. The monoisotopic (exact) mass is 256 g/mol. The smallest absolute Gasteiger partial charge is 0.308 e. The predicted octanol–water partition coefficient (Wildman–Crippen LogP) is 1.20. The molecule has 0 radical (unpaired) electrons. The highest BCUT2D eigenvalue weighted by Gasteiger charge is 2.31. The molecule has 1 aliphatic heterocycles. The third-order valence-corrected chi connectivity index (χ3v) is 3.08. The van der Waals surface area contributed by atoms with Crippen molar-refractivity contribution in [1.82, 2.24) is 0 Å². The van der Waals surface area contributed by atoms with Gasteiger partial charge in [0.15, 0.2) is 0 Å². The number of carbonyl (C=O) groups is 1. The molecule has 2 rings (SSSR count). The molecule has 0 aromatic heterocycles. The third kappa shape index (κ3) is 2.59. The largest absolute Gasteiger partial charge is 0.481 e. The van der Waals surface area contributed by atoms with Gasteiger partial charge in [0.05, 0.1) is 11.6 Å². The zero-order valence-corrected chi connectivity index (χ0v) is 9.64. The number of carboxylic acids is 1. The van der Waals surface area contributed by atoms with Gasteiger partial charge in [-0.05, 0) is 18.6 Å². The first-order chi connectivity index (χ1) is 8.47. The van der Waals surface area contributed by atoms with Crippen LogP contribution in [0.25, 0.3) is 0 Å². The minimum atomic E-state index is -0.966. The zero-order chi connectivity index (χ0) is 13.3. The number of nitrogens with two attached hydrogens (primary N) is 1. The van der Waals surface area contributed by atoms with E-state index in [2.05, 4.69) is 0 Å². The van der Waals surface area contributed by atoms with Crippen molar-refractivity contribution in [2.75, 3.05) is 18.0 Å². The number of nitrogens with zero attached hydrogens (tertiary/aromatic N) is 1. The molecule has 4 nitrogen and oxygen atoms in total. The van der Waals surface area contributed by atoms with E-state index in [0.717, 1.165) is 18.2 Å². The Hall–Kier alpha value is -1.69. The fourth-order valence-electron chi connectivity index (χ4n) is 2.24. The lowest BCUT2D eigenvalue weighted by Gasteiger charge is -2.36. The van der Waals surface area contributed by atoms with Gasteiger partial charge in [-0.1, -0.05) is 0 Å². The van der Waals surface area contributed by atoms with Gasteiger partial charge >= 0.3 is 5.97 Å². The predicted molar refractivity (Wildman–Crippen MR) is 62.3 cm³/mol. The van der Waals surface area contributed by atoms with Gasteiger partial charge in [-0.3, -0.25) is 4.79 Å². The number of hydrogen-bond acceptors (Lipinski definition) is 3. The summed E-state index contributed by atoms with van der Waals surface area (Å²) in [6.45, 7) is 0.466. The molecule has 0 spiro atoms. The van der Waals surface area contributed by atoms with Gasteiger partial charge in [0.1, 0.15) is 11.6 Å². The minimum absolute atomic E-state index is 0.0661. The van der Waals surface area contributed by atoms with Gasteiger partial charge in [0, 0.05) is 25.2 Å². The highest BCUT2D eigenvalue weighted by molar-refractivity contribution is 5.71. The number of aliphatic carboxylic acids is 1. The lowest BCUT2D eigenvalue weighted by molar-refractivity contribution is -0.142. The fourth-order valence-corrected chi connectivity index (χ4v) is 2.24. The maximum Gasteiger partial charge on any atom is 0.308 e. The number of halogens is 2. The summed E-state index contributed by atoms with van der Waals surface area (Å²) in [7, 11) is 0. The Balaban J connectivity index is 2.26. The number of carboxylic acid groups (broad SMARTS) is 1. The number of piperidine rings is 1. The summed E-state index contributed by atoms with van der Waals surface area (Å²) < 4.78 is 26.7. The van der Waals surface area contributed by atoms with E-state index < -0.39 is 23.5 Å². The molecule has 1 aromatic rings. The van der Waals surface area contributed by atoms with E-state index in [9.17, 15) is 13.6 Å². The van der Waals surface area contributed by atoms with Crippen molar-refractivity contribution >= 4 is 11.7 Å². The van der Waals surface area contributed by atoms with E-state index in [4.69, 9.17) is 10.8 Å². The second-order valence-corrected chi connectivity index (χ2v) is 4.53. The van der Waals surface area contributed by atoms with Crippen LogP contribution < -0.4 is 10.6 Å². The number of benzene rings is 1. The Morgan fingerprint density at radius 1 is 1.39 bits per heavy atom. The molecule has 2 atom stereocenters. The number of rotatable bonds is 2. The van der Waals surface area contributed by atoms with Crippen LogP contribution in [0, 0.1) is 17.6 Å². The van der Waals surface area contributed by atoms with Crippen LogP contribution in [0.3, 0.4) is 0 Å². The van der Waals surface area contributed by atoms with Gasteiger partial charge in [0.2, 0.25) is 0 Å². The summed E-state index contributed by atoms with van der Waals surface area (Å²) in [6.07, 6.45) is 0.350. The van der Waals surface area contributed by atoms with Crippen molar-refractivity contribution in [2.24, 2.45) is 11.7 Å². The minimum Gasteiger partial charge on any atom is -0.481 e. The van der Waals surface area contributed by atoms with Crippen molar-refractivity contribution in [1.29, 1.82) is 0 Å². The molecule has 0 bridgehead atoms. The van der Waals surface area contributed by atoms with Crippen LogP contribution in [-0.4, -0.2) is 30.2 Å². The molecule has 0 saturated carbocycles. The summed E-state index contributed by atoms with van der Waals surface area (Å²) in [5, 5.41) is 8.99. The molecule has 1 aliphatic rings. The Morgan fingerprint density at radius 3 is 2.78 bits per heavy atom. The lowest BCUT2D eigenvalue weighted by atomic mass is 9.94. The average molecular weight is 256 g/mol. The van der Waals surface area contributed by atoms with Crippen LogP contribution in [0.15, 0.2) is 18.2 Å². The van der Waals surface area contributed by atoms with Crippen molar-refractivity contribution < 1.29 is 18.7 Å². The van der Waals surface area contributed by atoms with Crippen LogP contribution in [0.2, 0.25) is 0 Å². The average Bonchev–Trinajstić information content (AvgIpc) is 2.31. The van der Waals surface area contributed by atoms with Crippen LogP contribution in [0.1, 0.15) is 6.42 Å². The van der Waals surface area contributed by atoms with Crippen LogP contribution in [-0.2, 0) is 4.79 Å². The van der Waals surface area contributed by atoms with Gasteiger partial charge in [-0.2, -0.15) is 0 Å². The number of hydrogen-bond donors (Lipinski definition) is 2. The quantitative estimate of drug-likeness (QED) is 0.834. The second-order valence-electron chi connectivity index (χ2n) is 4.53. The fraction of sp³-hybridized carbons (Fsp3) is 0.417. The topological polar surface area (TPSA) is 66.6 Å². The molecule has 1 aromatic carbocycles. The first kappa shape index (κ1) is 12.8. The van der Waals surface area contributed by atoms with E-state index in [1.54, 1.807) is 0 Å². The van der Waals surface area contributed by atoms with Gasteiger partial charge < -0.3 is 15.7 Å².